The highest BCUT2D eigenvalue weighted by Gasteiger charge is 2.65. The van der Waals surface area contributed by atoms with E-state index in [2.05, 4.69) is 19.1 Å². The lowest BCUT2D eigenvalue weighted by Crippen LogP contribution is -2.78. The van der Waals surface area contributed by atoms with Crippen LogP contribution in [0.15, 0.2) is 24.8 Å². The quantitative estimate of drug-likeness (QED) is 0.460. The van der Waals surface area contributed by atoms with Gasteiger partial charge >= 0.3 is 0 Å². The maximum atomic E-state index is 12.2. The summed E-state index contributed by atoms with van der Waals surface area (Å²) in [5.41, 5.74) is -1.47. The number of hydrogen-bond donors (Lipinski definition) is 1. The molecule has 0 saturated carbocycles. The lowest BCUT2D eigenvalue weighted by Gasteiger charge is -2.54. The molecule has 2 heterocycles. The van der Waals surface area contributed by atoms with Crippen LogP contribution in [0.25, 0.3) is 0 Å². The summed E-state index contributed by atoms with van der Waals surface area (Å²) < 4.78 is 11.2. The van der Waals surface area contributed by atoms with Crippen molar-refractivity contribution >= 4 is 5.91 Å². The number of terminal acetylenes is 1. The number of amides is 1. The van der Waals surface area contributed by atoms with Crippen LogP contribution in [0.1, 0.15) is 13.8 Å². The van der Waals surface area contributed by atoms with E-state index in [-0.39, 0.29) is 18.7 Å². The first-order valence-electron chi connectivity index (χ1n) is 6.38. The van der Waals surface area contributed by atoms with Crippen LogP contribution in [0.2, 0.25) is 0 Å². The number of carbonyl (C=O) groups is 1. The van der Waals surface area contributed by atoms with Crippen LogP contribution in [0, 0.1) is 12.3 Å². The number of carbonyl (C=O) groups excluding carboxylic acids is 1. The number of likely N-dealkylation sites (tertiary alicyclic amines) is 1. The Morgan fingerprint density at radius 1 is 1.70 bits per heavy atom. The molecule has 0 unspecified atom stereocenters. The molecule has 2 aliphatic rings. The molecule has 0 bridgehead atoms. The van der Waals surface area contributed by atoms with Crippen molar-refractivity contribution < 1.29 is 19.4 Å². The zero-order chi connectivity index (χ0) is 15.1. The van der Waals surface area contributed by atoms with Gasteiger partial charge in [-0.3, -0.25) is 4.79 Å². The fourth-order valence-corrected chi connectivity index (χ4v) is 2.72. The summed E-state index contributed by atoms with van der Waals surface area (Å²) in [6.07, 6.45) is 6.19. The second kappa shape index (κ2) is 4.74. The molecular formula is C15H19NO4. The maximum Gasteiger partial charge on any atom is 0.262 e. The van der Waals surface area contributed by atoms with Gasteiger partial charge in [0, 0.05) is 0 Å². The van der Waals surface area contributed by atoms with E-state index in [1.165, 1.54) is 11.0 Å². The van der Waals surface area contributed by atoms with Gasteiger partial charge in [0.15, 0.2) is 11.4 Å². The first-order valence-corrected chi connectivity index (χ1v) is 6.38. The van der Waals surface area contributed by atoms with Gasteiger partial charge in [-0.25, -0.2) is 0 Å². The molecule has 0 aromatic carbocycles. The first-order chi connectivity index (χ1) is 9.28. The van der Waals surface area contributed by atoms with Gasteiger partial charge in [-0.2, -0.15) is 0 Å². The van der Waals surface area contributed by atoms with Crippen LogP contribution < -0.4 is 0 Å². The van der Waals surface area contributed by atoms with Crippen molar-refractivity contribution in [3.05, 3.63) is 24.8 Å². The third-order valence-corrected chi connectivity index (χ3v) is 3.73. The summed E-state index contributed by atoms with van der Waals surface area (Å²) in [6, 6.07) is -0.613. The molecule has 0 aromatic rings. The van der Waals surface area contributed by atoms with Crippen molar-refractivity contribution in [3.8, 4) is 12.3 Å². The molecule has 0 aromatic heterocycles. The highest BCUT2D eigenvalue weighted by molar-refractivity contribution is 5.97. The fraction of sp³-hybridized carbons (Fsp3) is 0.533. The average Bonchev–Trinajstić information content (AvgIpc) is 2.76. The lowest BCUT2D eigenvalue weighted by atomic mass is 9.74. The van der Waals surface area contributed by atoms with Crippen molar-refractivity contribution in [3.63, 3.8) is 0 Å². The Bertz CT molecular complexity index is 504. The van der Waals surface area contributed by atoms with E-state index < -0.39 is 29.4 Å². The van der Waals surface area contributed by atoms with Crippen LogP contribution in [0.3, 0.4) is 0 Å². The van der Waals surface area contributed by atoms with Crippen molar-refractivity contribution in [2.24, 2.45) is 0 Å². The Balaban J connectivity index is 2.30. The molecule has 1 N–H and O–H groups in total. The zero-order valence-electron chi connectivity index (χ0n) is 11.8. The monoisotopic (exact) mass is 277 g/mol. The number of hydrogen-bond acceptors (Lipinski definition) is 4. The van der Waals surface area contributed by atoms with E-state index in [4.69, 9.17) is 15.9 Å². The highest BCUT2D eigenvalue weighted by atomic mass is 16.7. The highest BCUT2D eigenvalue weighted by Crippen LogP contribution is 2.42. The van der Waals surface area contributed by atoms with Gasteiger partial charge in [0.05, 0.1) is 13.2 Å². The fourth-order valence-electron chi connectivity index (χ4n) is 2.72. The van der Waals surface area contributed by atoms with Gasteiger partial charge in [0.2, 0.25) is 0 Å². The molecular weight excluding hydrogens is 258 g/mol. The van der Waals surface area contributed by atoms with Crippen LogP contribution in [0.4, 0.5) is 0 Å². The van der Waals surface area contributed by atoms with E-state index in [1.807, 2.05) is 0 Å². The van der Waals surface area contributed by atoms with E-state index >= 15 is 0 Å². The molecule has 0 radical (unpaired) electrons. The number of rotatable bonds is 4. The number of β-lactam (4-membered cyclic amide) rings is 1. The summed E-state index contributed by atoms with van der Waals surface area (Å²) >= 11 is 0. The van der Waals surface area contributed by atoms with Crippen molar-refractivity contribution in [2.45, 2.75) is 37.4 Å². The summed E-state index contributed by atoms with van der Waals surface area (Å²) in [5, 5.41) is 10.7. The summed E-state index contributed by atoms with van der Waals surface area (Å²) in [6.45, 7) is 11.2. The predicted octanol–water partition coefficient (Wildman–Crippen LogP) is 0.455. The molecule has 2 fully saturated rings. The molecule has 108 valence electrons. The minimum absolute atomic E-state index is 0.108. The molecule has 20 heavy (non-hydrogen) atoms. The largest absolute Gasteiger partial charge is 0.374 e. The van der Waals surface area contributed by atoms with Gasteiger partial charge in [-0.05, 0) is 19.4 Å². The van der Waals surface area contributed by atoms with Crippen LogP contribution in [-0.2, 0) is 14.3 Å². The maximum absolute atomic E-state index is 12.2. The average molecular weight is 277 g/mol. The minimum atomic E-state index is -1.72. The summed E-state index contributed by atoms with van der Waals surface area (Å²) in [7, 11) is 0. The Labute approximate surface area is 118 Å². The molecule has 0 spiro atoms. The molecule has 2 saturated heterocycles. The third-order valence-electron chi connectivity index (χ3n) is 3.73. The van der Waals surface area contributed by atoms with Gasteiger partial charge in [0.25, 0.3) is 5.91 Å². The smallest absolute Gasteiger partial charge is 0.262 e. The topological polar surface area (TPSA) is 59.0 Å². The van der Waals surface area contributed by atoms with E-state index in [1.54, 1.807) is 13.8 Å². The van der Waals surface area contributed by atoms with Crippen LogP contribution in [0.5, 0.6) is 0 Å². The van der Waals surface area contributed by atoms with Crippen molar-refractivity contribution in [2.75, 3.05) is 13.2 Å². The Morgan fingerprint density at radius 2 is 2.35 bits per heavy atom. The van der Waals surface area contributed by atoms with Crippen LogP contribution >= 0.6 is 0 Å². The normalized spacial score (nSPS) is 35.3. The minimum Gasteiger partial charge on any atom is -0.374 e. The Morgan fingerprint density at radius 3 is 2.80 bits per heavy atom. The van der Waals surface area contributed by atoms with E-state index in [0.29, 0.717) is 0 Å². The SMILES string of the molecule is C#CCN1C(=O)[C@@](O)(C(=C)C=C)[C@@H]1[C@H]1COC(C)(C)O1. The Hall–Kier alpha value is -1.61. The third kappa shape index (κ3) is 1.97. The van der Waals surface area contributed by atoms with E-state index in [0.717, 1.165) is 0 Å². The molecule has 3 atom stereocenters. The zero-order valence-corrected chi connectivity index (χ0v) is 11.8. The molecule has 5 nitrogen and oxygen atoms in total. The van der Waals surface area contributed by atoms with Crippen molar-refractivity contribution in [1.29, 1.82) is 0 Å². The molecule has 2 aliphatic heterocycles. The van der Waals surface area contributed by atoms with Gasteiger partial charge in [-0.15, -0.1) is 6.42 Å². The van der Waals surface area contributed by atoms with Gasteiger partial charge < -0.3 is 19.5 Å². The standard InChI is InChI=1S/C15H19NO4/c1-6-8-16-12(11-9-19-14(4,5)20-11)15(18,13(16)17)10(3)7-2/h1,7,11-12,18H,2-3,8-9H2,4-5H3/t11-,12+,15-/m1/s1. The lowest BCUT2D eigenvalue weighted by molar-refractivity contribution is -0.204. The van der Waals surface area contributed by atoms with Crippen LogP contribution in [-0.4, -0.2) is 52.6 Å². The van der Waals surface area contributed by atoms with E-state index in [9.17, 15) is 9.90 Å². The first kappa shape index (κ1) is 14.8. The molecule has 2 rings (SSSR count). The second-order valence-corrected chi connectivity index (χ2v) is 5.44. The number of aliphatic hydroxyl groups is 1. The molecule has 0 aliphatic carbocycles. The molecule has 1 amide bonds. The Kier molecular flexibility index (Phi) is 3.51. The number of nitrogens with zero attached hydrogens (tertiary/aromatic N) is 1. The van der Waals surface area contributed by atoms with Crippen molar-refractivity contribution in [1.82, 2.24) is 4.90 Å². The second-order valence-electron chi connectivity index (χ2n) is 5.44. The van der Waals surface area contributed by atoms with Gasteiger partial charge in [0.1, 0.15) is 12.1 Å². The molecule has 5 heteroatoms. The predicted molar refractivity (Wildman–Crippen MR) is 73.5 cm³/mol. The summed E-state index contributed by atoms with van der Waals surface area (Å²) in [4.78, 5) is 13.6. The number of ether oxygens (including phenoxy) is 2. The summed E-state index contributed by atoms with van der Waals surface area (Å²) in [5.74, 6) is 1.19. The van der Waals surface area contributed by atoms with Gasteiger partial charge in [-0.1, -0.05) is 25.2 Å².